The molecule has 1 aromatic rings. The maximum absolute atomic E-state index is 12.1. The molecule has 0 fully saturated rings. The van der Waals surface area contributed by atoms with Crippen LogP contribution in [-0.2, 0) is 0 Å². The highest BCUT2D eigenvalue weighted by Crippen LogP contribution is 1.96. The minimum absolute atomic E-state index is 0. The van der Waals surface area contributed by atoms with Crippen molar-refractivity contribution in [3.8, 4) is 0 Å². The molecule has 0 saturated heterocycles. The van der Waals surface area contributed by atoms with Crippen LogP contribution in [0.25, 0.3) is 0 Å². The Morgan fingerprint density at radius 1 is 1.50 bits per heavy atom. The zero-order chi connectivity index (χ0) is 6.69. The highest BCUT2D eigenvalue weighted by molar-refractivity contribution is 5.85. The summed E-state index contributed by atoms with van der Waals surface area (Å²) in [6, 6.07) is 0. The van der Waals surface area contributed by atoms with E-state index in [9.17, 15) is 4.39 Å². The number of nitrogens with two attached hydrogens (primary N) is 1. The Morgan fingerprint density at radius 3 is 2.60 bits per heavy atom. The van der Waals surface area contributed by atoms with E-state index in [2.05, 4.69) is 15.4 Å². The maximum atomic E-state index is 12.1. The summed E-state index contributed by atoms with van der Waals surface area (Å²) in [4.78, 5) is 6.80. The van der Waals surface area contributed by atoms with Gasteiger partial charge in [-0.2, -0.15) is 9.37 Å². The Labute approximate surface area is 63.0 Å². The monoisotopic (exact) mass is 164 g/mol. The van der Waals surface area contributed by atoms with Gasteiger partial charge >= 0.3 is 0 Å². The van der Waals surface area contributed by atoms with Gasteiger partial charge in [0.05, 0.1) is 12.4 Å². The number of anilines is 1. The number of aromatic nitrogens is 2. The Balaban J connectivity index is 0.000000810. The minimum atomic E-state index is -0.648. The molecule has 0 atom stereocenters. The lowest BCUT2D eigenvalue weighted by Gasteiger charge is -1.94. The molecule has 3 N–H and O–H groups in total. The first-order valence-electron chi connectivity index (χ1n) is 2.27. The standard InChI is InChI=1S/C4H5FN4.ClH/c5-3-1-7-2-4(8-3)9-6;/h1-2H,6H2,(H,8,9);1H. The molecule has 10 heavy (non-hydrogen) atoms. The molecule has 56 valence electrons. The third-order valence-corrected chi connectivity index (χ3v) is 0.753. The van der Waals surface area contributed by atoms with E-state index in [0.29, 0.717) is 0 Å². The Kier molecular flexibility index (Phi) is 3.60. The van der Waals surface area contributed by atoms with E-state index in [1.54, 1.807) is 0 Å². The number of hydrogen-bond acceptors (Lipinski definition) is 4. The van der Waals surface area contributed by atoms with E-state index >= 15 is 0 Å². The predicted molar refractivity (Wildman–Crippen MR) is 37.0 cm³/mol. The first-order valence-corrected chi connectivity index (χ1v) is 2.27. The highest BCUT2D eigenvalue weighted by atomic mass is 35.5. The molecule has 0 radical (unpaired) electrons. The normalized spacial score (nSPS) is 8.20. The van der Waals surface area contributed by atoms with Crippen molar-refractivity contribution < 1.29 is 4.39 Å². The van der Waals surface area contributed by atoms with Crippen LogP contribution in [0.2, 0.25) is 0 Å². The van der Waals surface area contributed by atoms with Gasteiger partial charge in [-0.05, 0) is 0 Å². The fourth-order valence-electron chi connectivity index (χ4n) is 0.412. The highest BCUT2D eigenvalue weighted by Gasteiger charge is 1.91. The molecule has 0 aliphatic heterocycles. The van der Waals surface area contributed by atoms with Crippen LogP contribution in [-0.4, -0.2) is 9.97 Å². The van der Waals surface area contributed by atoms with Crippen LogP contribution in [0.15, 0.2) is 12.4 Å². The number of nitrogen functional groups attached to an aromatic ring is 1. The molecule has 1 rings (SSSR count). The van der Waals surface area contributed by atoms with E-state index in [0.717, 1.165) is 6.20 Å². The molecule has 1 aromatic heterocycles. The van der Waals surface area contributed by atoms with Gasteiger partial charge in [0.1, 0.15) is 0 Å². The number of nitrogens with zero attached hydrogens (tertiary/aromatic N) is 2. The van der Waals surface area contributed by atoms with Crippen molar-refractivity contribution in [2.45, 2.75) is 0 Å². The van der Waals surface area contributed by atoms with Gasteiger partial charge in [0.15, 0.2) is 5.82 Å². The van der Waals surface area contributed by atoms with Crippen molar-refractivity contribution >= 4 is 18.2 Å². The maximum Gasteiger partial charge on any atom is 0.233 e. The van der Waals surface area contributed by atoms with Crippen LogP contribution in [0, 0.1) is 5.95 Å². The van der Waals surface area contributed by atoms with Gasteiger partial charge in [-0.1, -0.05) is 0 Å². The Morgan fingerprint density at radius 2 is 2.20 bits per heavy atom. The fraction of sp³-hybridized carbons (Fsp3) is 0. The number of nitrogens with one attached hydrogen (secondary N) is 1. The molecule has 0 spiro atoms. The smallest absolute Gasteiger partial charge is 0.233 e. The summed E-state index contributed by atoms with van der Waals surface area (Å²) in [6.07, 6.45) is 2.32. The summed E-state index contributed by atoms with van der Waals surface area (Å²) in [7, 11) is 0. The van der Waals surface area contributed by atoms with E-state index in [4.69, 9.17) is 5.84 Å². The van der Waals surface area contributed by atoms with Gasteiger partial charge in [-0.15, -0.1) is 12.4 Å². The van der Waals surface area contributed by atoms with Gasteiger partial charge in [-0.25, -0.2) is 5.84 Å². The SMILES string of the molecule is Cl.NNc1cncc(F)n1. The molecule has 0 bridgehead atoms. The molecule has 0 unspecified atom stereocenters. The van der Waals surface area contributed by atoms with Gasteiger partial charge < -0.3 is 5.43 Å². The second kappa shape index (κ2) is 3.97. The molecular weight excluding hydrogens is 159 g/mol. The van der Waals surface area contributed by atoms with Crippen LogP contribution in [0.1, 0.15) is 0 Å². The Hall–Kier alpha value is -0.940. The van der Waals surface area contributed by atoms with Crippen molar-refractivity contribution in [2.24, 2.45) is 5.84 Å². The van der Waals surface area contributed by atoms with Crippen molar-refractivity contribution in [3.05, 3.63) is 18.3 Å². The van der Waals surface area contributed by atoms with Crippen LogP contribution in [0.3, 0.4) is 0 Å². The van der Waals surface area contributed by atoms with Crippen LogP contribution < -0.4 is 11.3 Å². The number of halogens is 2. The molecular formula is C4H6ClFN4. The zero-order valence-corrected chi connectivity index (χ0v) is 5.73. The summed E-state index contributed by atoms with van der Waals surface area (Å²) in [5, 5.41) is 0. The van der Waals surface area contributed by atoms with E-state index < -0.39 is 5.95 Å². The molecule has 0 aliphatic carbocycles. The molecule has 1 heterocycles. The summed E-state index contributed by atoms with van der Waals surface area (Å²) in [5.41, 5.74) is 2.15. The first kappa shape index (κ1) is 9.06. The molecule has 6 heteroatoms. The molecule has 0 saturated carbocycles. The van der Waals surface area contributed by atoms with Crippen LogP contribution in [0.4, 0.5) is 10.2 Å². The van der Waals surface area contributed by atoms with Gasteiger partial charge in [0.2, 0.25) is 5.95 Å². The minimum Gasteiger partial charge on any atom is -0.307 e. The van der Waals surface area contributed by atoms with Crippen molar-refractivity contribution in [1.82, 2.24) is 9.97 Å². The quantitative estimate of drug-likeness (QED) is 0.464. The fourth-order valence-corrected chi connectivity index (χ4v) is 0.412. The largest absolute Gasteiger partial charge is 0.307 e. The average molecular weight is 165 g/mol. The second-order valence-electron chi connectivity index (χ2n) is 1.37. The summed E-state index contributed by atoms with van der Waals surface area (Å²) >= 11 is 0. The second-order valence-corrected chi connectivity index (χ2v) is 1.37. The summed E-state index contributed by atoms with van der Waals surface area (Å²) in [6.45, 7) is 0. The Bertz CT molecular complexity index is 206. The van der Waals surface area contributed by atoms with Crippen LogP contribution >= 0.6 is 12.4 Å². The lowest BCUT2D eigenvalue weighted by molar-refractivity contribution is 0.578. The van der Waals surface area contributed by atoms with Gasteiger partial charge in [-0.3, -0.25) is 4.98 Å². The molecule has 4 nitrogen and oxygen atoms in total. The third kappa shape index (κ3) is 2.12. The van der Waals surface area contributed by atoms with Crippen molar-refractivity contribution in [1.29, 1.82) is 0 Å². The number of hydrazine groups is 1. The lowest BCUT2D eigenvalue weighted by Crippen LogP contribution is -2.09. The van der Waals surface area contributed by atoms with Gasteiger partial charge in [0, 0.05) is 0 Å². The summed E-state index contributed by atoms with van der Waals surface area (Å²) in [5.74, 6) is 4.47. The molecule has 0 aliphatic rings. The van der Waals surface area contributed by atoms with E-state index in [1.807, 2.05) is 0 Å². The predicted octanol–water partition coefficient (Wildman–Crippen LogP) is 0.323. The van der Waals surface area contributed by atoms with Crippen LogP contribution in [0.5, 0.6) is 0 Å². The molecule has 0 aromatic carbocycles. The molecule has 0 amide bonds. The van der Waals surface area contributed by atoms with E-state index in [-0.39, 0.29) is 18.2 Å². The van der Waals surface area contributed by atoms with Crippen molar-refractivity contribution in [3.63, 3.8) is 0 Å². The summed E-state index contributed by atoms with van der Waals surface area (Å²) < 4.78 is 12.1. The first-order chi connectivity index (χ1) is 4.33. The zero-order valence-electron chi connectivity index (χ0n) is 4.91. The van der Waals surface area contributed by atoms with Gasteiger partial charge in [0.25, 0.3) is 0 Å². The number of rotatable bonds is 1. The lowest BCUT2D eigenvalue weighted by atomic mass is 10.7. The van der Waals surface area contributed by atoms with Crippen molar-refractivity contribution in [2.75, 3.05) is 5.43 Å². The topological polar surface area (TPSA) is 63.8 Å². The van der Waals surface area contributed by atoms with E-state index in [1.165, 1.54) is 6.20 Å². The number of hydrogen-bond donors (Lipinski definition) is 2. The average Bonchev–Trinajstić information content (AvgIpc) is 1.88. The third-order valence-electron chi connectivity index (χ3n) is 0.753.